The van der Waals surface area contributed by atoms with Crippen molar-refractivity contribution in [1.82, 2.24) is 9.88 Å². The van der Waals surface area contributed by atoms with Gasteiger partial charge < -0.3 is 14.4 Å². The zero-order valence-electron chi connectivity index (χ0n) is 19.0. The number of ether oxygens (including phenoxy) is 2. The van der Waals surface area contributed by atoms with Gasteiger partial charge in [0.05, 0.1) is 11.8 Å². The van der Waals surface area contributed by atoms with Gasteiger partial charge in [0, 0.05) is 32.1 Å². The van der Waals surface area contributed by atoms with Crippen LogP contribution in [0.1, 0.15) is 37.8 Å². The summed E-state index contributed by atoms with van der Waals surface area (Å²) in [4.78, 5) is 34.3. The van der Waals surface area contributed by atoms with E-state index in [1.54, 1.807) is 22.2 Å². The molecule has 2 amide bonds. The van der Waals surface area contributed by atoms with Crippen LogP contribution >= 0.6 is 0 Å². The highest BCUT2D eigenvalue weighted by atomic mass is 16.5. The molecule has 2 aromatic rings. The average Bonchev–Trinajstić information content (AvgIpc) is 3.29. The van der Waals surface area contributed by atoms with Crippen molar-refractivity contribution in [2.45, 2.75) is 52.4 Å². The van der Waals surface area contributed by atoms with Crippen LogP contribution in [0.4, 0.5) is 5.69 Å². The molecule has 32 heavy (non-hydrogen) atoms. The van der Waals surface area contributed by atoms with E-state index in [1.165, 1.54) is 0 Å². The number of nitrogens with zero attached hydrogens (tertiary/aromatic N) is 3. The van der Waals surface area contributed by atoms with Crippen LogP contribution in [0.15, 0.2) is 42.7 Å². The number of benzene rings is 1. The molecule has 0 N–H and O–H groups in total. The highest BCUT2D eigenvalue weighted by Crippen LogP contribution is 2.36. The van der Waals surface area contributed by atoms with Crippen molar-refractivity contribution in [2.24, 2.45) is 5.92 Å². The molecule has 4 rings (SSSR count). The van der Waals surface area contributed by atoms with Crippen LogP contribution in [0, 0.1) is 12.8 Å². The Morgan fingerprint density at radius 1 is 1.25 bits per heavy atom. The van der Waals surface area contributed by atoms with Gasteiger partial charge in [0.15, 0.2) is 6.10 Å². The topological polar surface area (TPSA) is 72.0 Å². The quantitative estimate of drug-likeness (QED) is 0.664. The van der Waals surface area contributed by atoms with Gasteiger partial charge in [-0.1, -0.05) is 19.9 Å². The van der Waals surface area contributed by atoms with Crippen LogP contribution < -0.4 is 9.64 Å². The van der Waals surface area contributed by atoms with Gasteiger partial charge in [-0.2, -0.15) is 0 Å². The molecule has 0 saturated carbocycles. The first-order valence-corrected chi connectivity index (χ1v) is 11.3. The number of anilines is 1. The monoisotopic (exact) mass is 437 g/mol. The normalized spacial score (nSPS) is 20.2. The van der Waals surface area contributed by atoms with Gasteiger partial charge in [0.2, 0.25) is 5.91 Å². The van der Waals surface area contributed by atoms with Gasteiger partial charge in [-0.25, -0.2) is 0 Å². The lowest BCUT2D eigenvalue weighted by atomic mass is 10.0. The summed E-state index contributed by atoms with van der Waals surface area (Å²) in [5, 5.41) is 0. The Bertz CT molecular complexity index is 957. The molecule has 2 aliphatic rings. The number of aryl methyl sites for hydroxylation is 1. The third-order valence-electron chi connectivity index (χ3n) is 5.99. The molecule has 0 unspecified atom stereocenters. The Labute approximate surface area is 189 Å². The predicted octanol–water partition coefficient (Wildman–Crippen LogP) is 3.35. The summed E-state index contributed by atoms with van der Waals surface area (Å²) in [7, 11) is 0. The molecule has 1 aromatic heterocycles. The van der Waals surface area contributed by atoms with E-state index in [0.717, 1.165) is 30.6 Å². The summed E-state index contributed by atoms with van der Waals surface area (Å²) >= 11 is 0. The zero-order chi connectivity index (χ0) is 22.7. The molecule has 3 heterocycles. The van der Waals surface area contributed by atoms with E-state index < -0.39 is 6.10 Å². The second-order valence-electron chi connectivity index (χ2n) is 8.94. The molecule has 0 spiro atoms. The Morgan fingerprint density at radius 3 is 2.72 bits per heavy atom. The fourth-order valence-corrected chi connectivity index (χ4v) is 4.21. The summed E-state index contributed by atoms with van der Waals surface area (Å²) in [5.74, 6) is 0.353. The number of amides is 2. The van der Waals surface area contributed by atoms with Crippen molar-refractivity contribution >= 4 is 17.5 Å². The summed E-state index contributed by atoms with van der Waals surface area (Å²) < 4.78 is 11.8. The van der Waals surface area contributed by atoms with Gasteiger partial charge in [0.1, 0.15) is 12.3 Å². The molecule has 7 nitrogen and oxygen atoms in total. The zero-order valence-corrected chi connectivity index (χ0v) is 19.0. The minimum atomic E-state index is -0.607. The lowest BCUT2D eigenvalue weighted by Crippen LogP contribution is -2.52. The minimum absolute atomic E-state index is 0.00522. The fourth-order valence-electron chi connectivity index (χ4n) is 4.21. The summed E-state index contributed by atoms with van der Waals surface area (Å²) in [6.45, 7) is 7.53. The van der Waals surface area contributed by atoms with Gasteiger partial charge in [0.25, 0.3) is 5.91 Å². The number of hydrogen-bond donors (Lipinski definition) is 0. The van der Waals surface area contributed by atoms with Crippen LogP contribution in [0.5, 0.6) is 5.75 Å². The molecule has 1 aromatic carbocycles. The number of fused-ring (bicyclic) bond motifs is 1. The van der Waals surface area contributed by atoms with Crippen molar-refractivity contribution in [3.05, 3.63) is 53.9 Å². The van der Waals surface area contributed by atoms with Crippen molar-refractivity contribution in [1.29, 1.82) is 0 Å². The van der Waals surface area contributed by atoms with Crippen LogP contribution in [0.2, 0.25) is 0 Å². The lowest BCUT2D eigenvalue weighted by Gasteiger charge is -2.37. The van der Waals surface area contributed by atoms with Crippen LogP contribution in [-0.4, -0.2) is 53.6 Å². The largest absolute Gasteiger partial charge is 0.478 e. The molecule has 0 radical (unpaired) electrons. The first-order chi connectivity index (χ1) is 15.4. The molecule has 1 saturated heterocycles. The Hall–Kier alpha value is -2.93. The van der Waals surface area contributed by atoms with Crippen molar-refractivity contribution in [3.63, 3.8) is 0 Å². The number of pyridine rings is 1. The minimum Gasteiger partial charge on any atom is -0.478 e. The molecule has 1 fully saturated rings. The molecule has 170 valence electrons. The molecular formula is C25H31N3O4. The van der Waals surface area contributed by atoms with Crippen molar-refractivity contribution < 1.29 is 19.1 Å². The highest BCUT2D eigenvalue weighted by molar-refractivity contribution is 6.04. The first-order valence-electron chi connectivity index (χ1n) is 11.3. The highest BCUT2D eigenvalue weighted by Gasteiger charge is 2.38. The van der Waals surface area contributed by atoms with Gasteiger partial charge in [-0.3, -0.25) is 19.5 Å². The van der Waals surface area contributed by atoms with E-state index in [0.29, 0.717) is 24.5 Å². The number of carbonyl (C=O) groups is 2. The number of aromatic nitrogens is 1. The summed E-state index contributed by atoms with van der Waals surface area (Å²) in [6.07, 6.45) is 4.81. The second kappa shape index (κ2) is 9.69. The third kappa shape index (κ3) is 4.93. The maximum Gasteiger partial charge on any atom is 0.268 e. The number of rotatable bonds is 7. The van der Waals surface area contributed by atoms with Crippen LogP contribution in [0.25, 0.3) is 0 Å². The van der Waals surface area contributed by atoms with E-state index in [1.807, 2.05) is 51.1 Å². The lowest BCUT2D eigenvalue weighted by molar-refractivity contribution is -0.135. The van der Waals surface area contributed by atoms with Crippen LogP contribution in [0.3, 0.4) is 0 Å². The second-order valence-corrected chi connectivity index (χ2v) is 8.94. The summed E-state index contributed by atoms with van der Waals surface area (Å²) in [5.41, 5.74) is 2.66. The van der Waals surface area contributed by atoms with Gasteiger partial charge in [-0.05, 0) is 61.1 Å². The van der Waals surface area contributed by atoms with Gasteiger partial charge in [-0.15, -0.1) is 0 Å². The molecule has 2 aliphatic heterocycles. The predicted molar refractivity (Wildman–Crippen MR) is 121 cm³/mol. The van der Waals surface area contributed by atoms with Crippen LogP contribution in [-0.2, 0) is 20.9 Å². The maximum atomic E-state index is 13.5. The first kappa shape index (κ1) is 22.3. The molecule has 0 bridgehead atoms. The third-order valence-corrected chi connectivity index (χ3v) is 5.99. The maximum absolute atomic E-state index is 13.5. The SMILES string of the molecule is Cc1ccc2c(c1)N(CC(=O)N(Cc1ccncc1)C[C@@H]1CCCO1)C(=O)[C@H](C(C)C)O2. The molecule has 0 aliphatic carbocycles. The van der Waals surface area contributed by atoms with Crippen molar-refractivity contribution in [3.8, 4) is 5.75 Å². The Kier molecular flexibility index (Phi) is 6.74. The number of carbonyl (C=O) groups excluding carboxylic acids is 2. The smallest absolute Gasteiger partial charge is 0.268 e. The van der Waals surface area contributed by atoms with E-state index in [4.69, 9.17) is 9.47 Å². The fraction of sp³-hybridized carbons (Fsp3) is 0.480. The Balaban J connectivity index is 1.59. The van der Waals surface area contributed by atoms with E-state index in [-0.39, 0.29) is 30.4 Å². The standard InChI is InChI=1S/C25H31N3O4/c1-17(2)24-25(30)28(21-13-18(3)6-7-22(21)32-24)16-23(29)27(15-20-5-4-12-31-20)14-19-8-10-26-11-9-19/h6-11,13,17,20,24H,4-5,12,14-16H2,1-3H3/t20-,24-/m0/s1. The van der Waals surface area contributed by atoms with E-state index in [2.05, 4.69) is 4.98 Å². The molecule has 7 heteroatoms. The van der Waals surface area contributed by atoms with Crippen molar-refractivity contribution in [2.75, 3.05) is 24.6 Å². The van der Waals surface area contributed by atoms with E-state index in [9.17, 15) is 9.59 Å². The molecule has 2 atom stereocenters. The Morgan fingerprint density at radius 2 is 2.03 bits per heavy atom. The number of hydrogen-bond acceptors (Lipinski definition) is 5. The van der Waals surface area contributed by atoms with Gasteiger partial charge >= 0.3 is 0 Å². The molecular weight excluding hydrogens is 406 g/mol. The summed E-state index contributed by atoms with van der Waals surface area (Å²) in [6, 6.07) is 9.56. The average molecular weight is 438 g/mol. The van der Waals surface area contributed by atoms with E-state index >= 15 is 0 Å².